The van der Waals surface area contributed by atoms with Gasteiger partial charge in [0.15, 0.2) is 17.2 Å². The molecule has 0 fully saturated rings. The highest BCUT2D eigenvalue weighted by Crippen LogP contribution is 2.30. The summed E-state index contributed by atoms with van der Waals surface area (Å²) in [4.78, 5) is 27.6. The first-order valence-corrected chi connectivity index (χ1v) is 8.58. The molecule has 0 atom stereocenters. The second-order valence-corrected chi connectivity index (χ2v) is 6.02. The molecule has 0 saturated carbocycles. The van der Waals surface area contributed by atoms with Crippen molar-refractivity contribution in [3.8, 4) is 11.5 Å². The third-order valence-electron chi connectivity index (χ3n) is 3.52. The normalized spacial score (nSPS) is 14.7. The highest BCUT2D eigenvalue weighted by atomic mass is 35.5. The van der Waals surface area contributed by atoms with Gasteiger partial charge in [0, 0.05) is 17.5 Å². The van der Waals surface area contributed by atoms with E-state index in [4.69, 9.17) is 25.8 Å². The summed E-state index contributed by atoms with van der Waals surface area (Å²) in [7, 11) is 0. The smallest absolute Gasteiger partial charge is 0.363 e. The van der Waals surface area contributed by atoms with E-state index in [9.17, 15) is 9.59 Å². The second-order valence-electron chi connectivity index (χ2n) is 5.58. The summed E-state index contributed by atoms with van der Waals surface area (Å²) in [5.41, 5.74) is 1.41. The standard InChI is InChI=1S/C20H16ClNO5/c1-3-25-18-10-13(7-8-17(18)26-12(2)23)9-16-20(24)27-19(22-16)14-5-4-6-15(21)11-14/h4-11H,3H2,1-2H3/b16-9+. The number of hydrogen-bond donors (Lipinski definition) is 0. The van der Waals surface area contributed by atoms with E-state index < -0.39 is 11.9 Å². The molecule has 1 aliphatic heterocycles. The highest BCUT2D eigenvalue weighted by Gasteiger charge is 2.24. The number of carbonyl (C=O) groups is 2. The molecule has 2 aromatic carbocycles. The number of cyclic esters (lactones) is 1. The number of rotatable bonds is 5. The molecule has 0 unspecified atom stereocenters. The number of nitrogens with zero attached hydrogens (tertiary/aromatic N) is 1. The molecule has 138 valence electrons. The molecule has 1 heterocycles. The largest absolute Gasteiger partial charge is 0.490 e. The number of benzene rings is 2. The molecule has 0 radical (unpaired) electrons. The number of carbonyl (C=O) groups excluding carboxylic acids is 2. The lowest BCUT2D eigenvalue weighted by molar-refractivity contribution is -0.132. The minimum atomic E-state index is -0.563. The molecular weight excluding hydrogens is 370 g/mol. The van der Waals surface area contributed by atoms with E-state index in [1.807, 2.05) is 6.92 Å². The van der Waals surface area contributed by atoms with Crippen LogP contribution in [0, 0.1) is 0 Å². The van der Waals surface area contributed by atoms with Gasteiger partial charge in [-0.1, -0.05) is 23.7 Å². The Morgan fingerprint density at radius 1 is 1.22 bits per heavy atom. The maximum Gasteiger partial charge on any atom is 0.363 e. The van der Waals surface area contributed by atoms with Crippen LogP contribution in [0.4, 0.5) is 0 Å². The molecular formula is C20H16ClNO5. The molecule has 0 saturated heterocycles. The van der Waals surface area contributed by atoms with Crippen LogP contribution >= 0.6 is 11.6 Å². The van der Waals surface area contributed by atoms with Crippen LogP contribution < -0.4 is 9.47 Å². The van der Waals surface area contributed by atoms with Crippen LogP contribution in [-0.2, 0) is 14.3 Å². The van der Waals surface area contributed by atoms with Crippen LogP contribution in [-0.4, -0.2) is 24.4 Å². The Morgan fingerprint density at radius 3 is 2.74 bits per heavy atom. The van der Waals surface area contributed by atoms with Crippen molar-refractivity contribution < 1.29 is 23.8 Å². The first-order chi connectivity index (χ1) is 13.0. The summed E-state index contributed by atoms with van der Waals surface area (Å²) in [6, 6.07) is 11.8. The number of ether oxygens (including phenoxy) is 3. The molecule has 6 nitrogen and oxygen atoms in total. The molecule has 0 N–H and O–H groups in total. The van der Waals surface area contributed by atoms with E-state index in [0.29, 0.717) is 34.3 Å². The van der Waals surface area contributed by atoms with E-state index in [1.54, 1.807) is 48.5 Å². The molecule has 0 aliphatic carbocycles. The van der Waals surface area contributed by atoms with Gasteiger partial charge in [-0.05, 0) is 48.9 Å². The van der Waals surface area contributed by atoms with Crippen molar-refractivity contribution in [3.05, 3.63) is 64.3 Å². The van der Waals surface area contributed by atoms with Gasteiger partial charge in [-0.15, -0.1) is 0 Å². The van der Waals surface area contributed by atoms with Gasteiger partial charge in [-0.3, -0.25) is 4.79 Å². The van der Waals surface area contributed by atoms with Crippen LogP contribution in [0.15, 0.2) is 53.2 Å². The fourth-order valence-electron chi connectivity index (χ4n) is 2.43. The van der Waals surface area contributed by atoms with E-state index in [0.717, 1.165) is 0 Å². The number of aliphatic imine (C=N–C) groups is 1. The second kappa shape index (κ2) is 8.05. The van der Waals surface area contributed by atoms with Gasteiger partial charge < -0.3 is 14.2 Å². The molecule has 0 aromatic heterocycles. The molecule has 0 spiro atoms. The van der Waals surface area contributed by atoms with Gasteiger partial charge in [0.05, 0.1) is 6.61 Å². The third-order valence-corrected chi connectivity index (χ3v) is 3.75. The van der Waals surface area contributed by atoms with E-state index in [-0.39, 0.29) is 11.6 Å². The fourth-order valence-corrected chi connectivity index (χ4v) is 2.62. The topological polar surface area (TPSA) is 74.2 Å². The summed E-state index contributed by atoms with van der Waals surface area (Å²) in [6.07, 6.45) is 1.57. The Labute approximate surface area is 161 Å². The van der Waals surface area contributed by atoms with Crippen molar-refractivity contribution in [2.45, 2.75) is 13.8 Å². The first kappa shape index (κ1) is 18.7. The quantitative estimate of drug-likeness (QED) is 0.441. The van der Waals surface area contributed by atoms with Crippen molar-refractivity contribution in [3.63, 3.8) is 0 Å². The van der Waals surface area contributed by atoms with Crippen molar-refractivity contribution >= 4 is 35.5 Å². The summed E-state index contributed by atoms with van der Waals surface area (Å²) >= 11 is 5.96. The number of hydrogen-bond acceptors (Lipinski definition) is 6. The number of esters is 2. The highest BCUT2D eigenvalue weighted by molar-refractivity contribution is 6.31. The fraction of sp³-hybridized carbons (Fsp3) is 0.150. The molecule has 0 bridgehead atoms. The maximum atomic E-state index is 12.1. The Hall–Kier alpha value is -3.12. The van der Waals surface area contributed by atoms with Gasteiger partial charge in [0.1, 0.15) is 0 Å². The van der Waals surface area contributed by atoms with E-state index in [2.05, 4.69) is 4.99 Å². The predicted octanol–water partition coefficient (Wildman–Crippen LogP) is 4.01. The molecule has 2 aromatic rings. The van der Waals surface area contributed by atoms with E-state index >= 15 is 0 Å². The zero-order valence-corrected chi connectivity index (χ0v) is 15.4. The summed E-state index contributed by atoms with van der Waals surface area (Å²) in [6.45, 7) is 3.53. The molecule has 7 heteroatoms. The van der Waals surface area contributed by atoms with Crippen LogP contribution in [0.2, 0.25) is 5.02 Å². The van der Waals surface area contributed by atoms with E-state index in [1.165, 1.54) is 6.92 Å². The summed E-state index contributed by atoms with van der Waals surface area (Å²) < 4.78 is 15.8. The van der Waals surface area contributed by atoms with Crippen molar-refractivity contribution in [1.82, 2.24) is 0 Å². The van der Waals surface area contributed by atoms with Gasteiger partial charge in [-0.2, -0.15) is 0 Å². The lowest BCUT2D eigenvalue weighted by atomic mass is 10.1. The lowest BCUT2D eigenvalue weighted by Gasteiger charge is -2.10. The Morgan fingerprint density at radius 2 is 2.04 bits per heavy atom. The van der Waals surface area contributed by atoms with Crippen molar-refractivity contribution in [2.75, 3.05) is 6.61 Å². The SMILES string of the molecule is CCOc1cc(/C=C2/N=C(c3cccc(Cl)c3)OC2=O)ccc1OC(C)=O. The van der Waals surface area contributed by atoms with Crippen LogP contribution in [0.1, 0.15) is 25.0 Å². The lowest BCUT2D eigenvalue weighted by Crippen LogP contribution is -2.05. The zero-order chi connectivity index (χ0) is 19.4. The Bertz CT molecular complexity index is 965. The van der Waals surface area contributed by atoms with Gasteiger partial charge >= 0.3 is 11.9 Å². The Kier molecular flexibility index (Phi) is 5.57. The van der Waals surface area contributed by atoms with Gasteiger partial charge in [0.2, 0.25) is 5.90 Å². The zero-order valence-electron chi connectivity index (χ0n) is 14.7. The summed E-state index contributed by atoms with van der Waals surface area (Å²) in [5, 5.41) is 0.520. The molecule has 27 heavy (non-hydrogen) atoms. The minimum absolute atomic E-state index is 0.146. The monoisotopic (exact) mass is 385 g/mol. The van der Waals surface area contributed by atoms with Crippen molar-refractivity contribution in [1.29, 1.82) is 0 Å². The van der Waals surface area contributed by atoms with Crippen LogP contribution in [0.25, 0.3) is 6.08 Å². The van der Waals surface area contributed by atoms with Crippen LogP contribution in [0.5, 0.6) is 11.5 Å². The average Bonchev–Trinajstić information content (AvgIpc) is 2.98. The molecule has 3 rings (SSSR count). The van der Waals surface area contributed by atoms with Crippen LogP contribution in [0.3, 0.4) is 0 Å². The Balaban J connectivity index is 1.92. The molecule has 0 amide bonds. The molecule has 1 aliphatic rings. The van der Waals surface area contributed by atoms with Gasteiger partial charge in [0.25, 0.3) is 0 Å². The maximum absolute atomic E-state index is 12.1. The van der Waals surface area contributed by atoms with Crippen molar-refractivity contribution in [2.24, 2.45) is 4.99 Å². The predicted molar refractivity (Wildman–Crippen MR) is 101 cm³/mol. The average molecular weight is 386 g/mol. The van der Waals surface area contributed by atoms with Gasteiger partial charge in [-0.25, -0.2) is 9.79 Å². The third kappa shape index (κ3) is 4.54. The number of halogens is 1. The minimum Gasteiger partial charge on any atom is -0.490 e. The summed E-state index contributed by atoms with van der Waals surface area (Å²) in [5.74, 6) is -0.115. The first-order valence-electron chi connectivity index (χ1n) is 8.20.